The zero-order chi connectivity index (χ0) is 28.4. The van der Waals surface area contributed by atoms with Crippen molar-refractivity contribution in [3.05, 3.63) is 66.6 Å². The van der Waals surface area contributed by atoms with E-state index < -0.39 is 40.1 Å². The topological polar surface area (TPSA) is 139 Å². The molecule has 2 saturated heterocycles. The monoisotopic (exact) mass is 565 g/mol. The molecular weight excluding hydrogens is 534 g/mol. The highest BCUT2D eigenvalue weighted by Crippen LogP contribution is 2.33. The van der Waals surface area contributed by atoms with Crippen LogP contribution in [0, 0.1) is 5.92 Å². The standard InChI is InChI=1S/C28H31N5O6S/c1-18(2)13-23(31-28(36)39-21-7-8-22-20(14-21)6-4-11-30-22)27(35)32-12-9-24-26(32)25(34)16-33(24)40(37,38)17-19-5-3-10-29-15-19/h3-8,10-11,14-15,18,23-24,26H,9,12-13,16-17H2,1-2H3,(H,31,36). The number of hydrogen-bond acceptors (Lipinski definition) is 8. The normalized spacial score (nSPS) is 20.1. The molecule has 2 aliphatic rings. The number of nitrogens with one attached hydrogen (secondary N) is 1. The molecule has 210 valence electrons. The molecule has 40 heavy (non-hydrogen) atoms. The van der Waals surface area contributed by atoms with Gasteiger partial charge in [-0.25, -0.2) is 13.2 Å². The van der Waals surface area contributed by atoms with Gasteiger partial charge in [-0.15, -0.1) is 0 Å². The van der Waals surface area contributed by atoms with Gasteiger partial charge in [0.15, 0.2) is 5.78 Å². The number of rotatable bonds is 8. The summed E-state index contributed by atoms with van der Waals surface area (Å²) in [7, 11) is -3.82. The first-order valence-electron chi connectivity index (χ1n) is 13.2. The summed E-state index contributed by atoms with van der Waals surface area (Å²) in [6.45, 7) is 3.76. The number of ketones is 1. The fraction of sp³-hybridized carbons (Fsp3) is 0.393. The Bertz CT molecular complexity index is 1530. The molecule has 3 unspecified atom stereocenters. The van der Waals surface area contributed by atoms with Crippen molar-refractivity contribution in [2.24, 2.45) is 5.92 Å². The number of amides is 2. The average Bonchev–Trinajstić information content (AvgIpc) is 3.49. The van der Waals surface area contributed by atoms with E-state index in [9.17, 15) is 22.8 Å². The lowest BCUT2D eigenvalue weighted by molar-refractivity contribution is -0.138. The summed E-state index contributed by atoms with van der Waals surface area (Å²) in [5, 5.41) is 3.47. The second-order valence-corrected chi connectivity index (χ2v) is 12.5. The maximum absolute atomic E-state index is 13.7. The number of ether oxygens (including phenoxy) is 1. The molecule has 1 N–H and O–H groups in total. The number of hydrogen-bond donors (Lipinski definition) is 1. The van der Waals surface area contributed by atoms with E-state index in [0.717, 1.165) is 10.9 Å². The van der Waals surface area contributed by atoms with Gasteiger partial charge >= 0.3 is 6.09 Å². The van der Waals surface area contributed by atoms with Gasteiger partial charge in [0, 0.05) is 30.5 Å². The summed E-state index contributed by atoms with van der Waals surface area (Å²) in [4.78, 5) is 49.2. The molecule has 3 atom stereocenters. The summed E-state index contributed by atoms with van der Waals surface area (Å²) in [5.74, 6) is -0.688. The highest BCUT2D eigenvalue weighted by Gasteiger charge is 2.54. The molecular formula is C28H31N5O6S. The van der Waals surface area contributed by atoms with E-state index in [1.807, 2.05) is 19.9 Å². The molecule has 12 heteroatoms. The van der Waals surface area contributed by atoms with Gasteiger partial charge < -0.3 is 15.0 Å². The Morgan fingerprint density at radius 2 is 1.95 bits per heavy atom. The van der Waals surface area contributed by atoms with Crippen LogP contribution in [0.4, 0.5) is 4.79 Å². The molecule has 2 amide bonds. The van der Waals surface area contributed by atoms with E-state index >= 15 is 0 Å². The molecule has 11 nitrogen and oxygen atoms in total. The highest BCUT2D eigenvalue weighted by molar-refractivity contribution is 7.88. The fourth-order valence-electron chi connectivity index (χ4n) is 5.45. The van der Waals surface area contributed by atoms with E-state index in [1.165, 1.54) is 15.4 Å². The Morgan fingerprint density at radius 3 is 2.70 bits per heavy atom. The van der Waals surface area contributed by atoms with Crippen molar-refractivity contribution in [2.75, 3.05) is 13.1 Å². The maximum atomic E-state index is 13.7. The van der Waals surface area contributed by atoms with Crippen molar-refractivity contribution in [1.82, 2.24) is 24.5 Å². The minimum absolute atomic E-state index is 0.0510. The van der Waals surface area contributed by atoms with Crippen LogP contribution in [-0.4, -0.2) is 76.6 Å². The quantitative estimate of drug-likeness (QED) is 0.440. The molecule has 0 bridgehead atoms. The Labute approximate surface area is 232 Å². The van der Waals surface area contributed by atoms with Gasteiger partial charge in [-0.2, -0.15) is 4.31 Å². The minimum atomic E-state index is -3.82. The second-order valence-electron chi connectivity index (χ2n) is 10.5. The van der Waals surface area contributed by atoms with Crippen molar-refractivity contribution >= 4 is 38.7 Å². The molecule has 5 rings (SSSR count). The number of Topliss-reactive ketones (excluding diaryl/α,β-unsaturated/α-hetero) is 1. The number of sulfonamides is 1. The third-order valence-electron chi connectivity index (χ3n) is 7.17. The van der Waals surface area contributed by atoms with Crippen molar-refractivity contribution in [3.8, 4) is 5.75 Å². The third kappa shape index (κ3) is 5.82. The Balaban J connectivity index is 1.29. The predicted octanol–water partition coefficient (Wildman–Crippen LogP) is 2.52. The van der Waals surface area contributed by atoms with Crippen molar-refractivity contribution in [3.63, 3.8) is 0 Å². The predicted molar refractivity (Wildman–Crippen MR) is 147 cm³/mol. The van der Waals surface area contributed by atoms with Crippen LogP contribution in [-0.2, 0) is 25.4 Å². The van der Waals surface area contributed by atoms with Crippen LogP contribution in [0.25, 0.3) is 10.9 Å². The van der Waals surface area contributed by atoms with Crippen LogP contribution in [0.5, 0.6) is 5.75 Å². The lowest BCUT2D eigenvalue weighted by atomic mass is 10.0. The molecule has 0 saturated carbocycles. The molecule has 1 aromatic carbocycles. The molecule has 0 radical (unpaired) electrons. The summed E-state index contributed by atoms with van der Waals surface area (Å²) >= 11 is 0. The van der Waals surface area contributed by atoms with E-state index in [4.69, 9.17) is 4.74 Å². The lowest BCUT2D eigenvalue weighted by Crippen LogP contribution is -2.53. The summed E-state index contributed by atoms with van der Waals surface area (Å²) in [6, 6.07) is 9.52. The van der Waals surface area contributed by atoms with Crippen LogP contribution < -0.4 is 10.1 Å². The van der Waals surface area contributed by atoms with Gasteiger partial charge in [-0.3, -0.25) is 19.6 Å². The van der Waals surface area contributed by atoms with Gasteiger partial charge in [0.25, 0.3) is 0 Å². The molecule has 4 heterocycles. The summed E-state index contributed by atoms with van der Waals surface area (Å²) < 4.78 is 33.1. The molecule has 0 aliphatic carbocycles. The average molecular weight is 566 g/mol. The largest absolute Gasteiger partial charge is 0.413 e. The number of pyridine rings is 2. The first-order chi connectivity index (χ1) is 19.1. The number of carbonyl (C=O) groups excluding carboxylic acids is 3. The Kier molecular flexibility index (Phi) is 7.81. The molecule has 2 fully saturated rings. The zero-order valence-electron chi connectivity index (χ0n) is 22.3. The van der Waals surface area contributed by atoms with Gasteiger partial charge in [-0.1, -0.05) is 26.0 Å². The van der Waals surface area contributed by atoms with Crippen molar-refractivity contribution < 1.29 is 27.5 Å². The number of likely N-dealkylation sites (tertiary alicyclic amines) is 1. The van der Waals surface area contributed by atoms with E-state index in [-0.39, 0.29) is 30.5 Å². The molecule has 2 aliphatic heterocycles. The molecule has 0 spiro atoms. The molecule has 2 aromatic heterocycles. The summed E-state index contributed by atoms with van der Waals surface area (Å²) in [5.41, 5.74) is 1.27. The van der Waals surface area contributed by atoms with Crippen LogP contribution in [0.3, 0.4) is 0 Å². The van der Waals surface area contributed by atoms with Gasteiger partial charge in [-0.05, 0) is 54.7 Å². The summed E-state index contributed by atoms with van der Waals surface area (Å²) in [6.07, 6.45) is 4.57. The van der Waals surface area contributed by atoms with Crippen LogP contribution in [0.15, 0.2) is 61.1 Å². The third-order valence-corrected chi connectivity index (χ3v) is 8.98. The minimum Gasteiger partial charge on any atom is -0.410 e. The van der Waals surface area contributed by atoms with E-state index in [1.54, 1.807) is 48.8 Å². The van der Waals surface area contributed by atoms with Crippen molar-refractivity contribution in [1.29, 1.82) is 0 Å². The van der Waals surface area contributed by atoms with Crippen LogP contribution in [0.1, 0.15) is 32.3 Å². The number of aromatic nitrogens is 2. The number of carbonyl (C=O) groups is 3. The second kappa shape index (κ2) is 11.3. The number of nitrogens with zero attached hydrogens (tertiary/aromatic N) is 4. The SMILES string of the molecule is CC(C)CC(NC(=O)Oc1ccc2ncccc2c1)C(=O)N1CCC2C1C(=O)CN2S(=O)(=O)Cc1cccnc1. The Hall–Kier alpha value is -3.90. The highest BCUT2D eigenvalue weighted by atomic mass is 32.2. The van der Waals surface area contributed by atoms with Gasteiger partial charge in [0.1, 0.15) is 17.8 Å². The Morgan fingerprint density at radius 1 is 1.15 bits per heavy atom. The molecule has 3 aromatic rings. The first-order valence-corrected chi connectivity index (χ1v) is 14.8. The van der Waals surface area contributed by atoms with E-state index in [2.05, 4.69) is 15.3 Å². The van der Waals surface area contributed by atoms with Crippen LogP contribution in [0.2, 0.25) is 0 Å². The first kappa shape index (κ1) is 27.7. The lowest BCUT2D eigenvalue weighted by Gasteiger charge is -2.28. The van der Waals surface area contributed by atoms with Crippen molar-refractivity contribution in [2.45, 2.75) is 50.6 Å². The van der Waals surface area contributed by atoms with Gasteiger partial charge in [0.05, 0.1) is 23.9 Å². The van der Waals surface area contributed by atoms with Crippen LogP contribution >= 0.6 is 0 Å². The maximum Gasteiger partial charge on any atom is 0.413 e. The number of fused-ring (bicyclic) bond motifs is 2. The fourth-order valence-corrected chi connectivity index (χ4v) is 7.16. The van der Waals surface area contributed by atoms with Gasteiger partial charge in [0.2, 0.25) is 15.9 Å². The number of benzene rings is 1. The van der Waals surface area contributed by atoms with E-state index in [0.29, 0.717) is 24.2 Å². The smallest absolute Gasteiger partial charge is 0.410 e. The zero-order valence-corrected chi connectivity index (χ0v) is 23.1.